The van der Waals surface area contributed by atoms with Crippen LogP contribution >= 0.6 is 0 Å². The van der Waals surface area contributed by atoms with Crippen molar-refractivity contribution in [2.45, 2.75) is 32.7 Å². The summed E-state index contributed by atoms with van der Waals surface area (Å²) < 4.78 is 5.14. The zero-order valence-corrected chi connectivity index (χ0v) is 12.8. The molecule has 1 aromatic carbocycles. The average Bonchev–Trinajstić information content (AvgIpc) is 2.93. The normalized spacial score (nSPS) is 24.0. The van der Waals surface area contributed by atoms with Crippen LogP contribution in [0.2, 0.25) is 0 Å². The number of carbonyl (C=O) groups is 1. The predicted octanol–water partition coefficient (Wildman–Crippen LogP) is 2.65. The molecule has 0 bridgehead atoms. The van der Waals surface area contributed by atoms with E-state index < -0.39 is 11.4 Å². The van der Waals surface area contributed by atoms with Gasteiger partial charge in [-0.25, -0.2) is 0 Å². The molecule has 0 spiro atoms. The zero-order chi connectivity index (χ0) is 15.6. The highest BCUT2D eigenvalue weighted by molar-refractivity contribution is 5.75. The van der Waals surface area contributed by atoms with E-state index in [2.05, 4.69) is 11.8 Å². The quantitative estimate of drug-likeness (QED) is 0.873. The molecule has 2 N–H and O–H groups in total. The van der Waals surface area contributed by atoms with Gasteiger partial charge in [-0.15, -0.1) is 0 Å². The summed E-state index contributed by atoms with van der Waals surface area (Å²) in [5.74, 6) is -0.148. The van der Waals surface area contributed by atoms with E-state index >= 15 is 0 Å². The Bertz CT molecular complexity index is 531. The molecule has 0 saturated carbocycles. The molecule has 2 unspecified atom stereocenters. The number of ether oxygens (including phenoxy) is 1. The van der Waals surface area contributed by atoms with Gasteiger partial charge in [-0.3, -0.25) is 9.69 Å². The molecule has 5 heteroatoms. The lowest BCUT2D eigenvalue weighted by Gasteiger charge is -2.28. The molecule has 1 heterocycles. The second-order valence-corrected chi connectivity index (χ2v) is 5.77. The van der Waals surface area contributed by atoms with E-state index in [1.54, 1.807) is 6.07 Å². The molecule has 5 nitrogen and oxygen atoms in total. The standard InChI is InChI=1S/C16H23NO4/c1-4-16(15(19)20)7-8-17(10-16)11(2)12-5-6-13(18)14(9-12)21-3/h5-6,9,11,18H,4,7-8,10H2,1-3H3,(H,19,20). The summed E-state index contributed by atoms with van der Waals surface area (Å²) in [6, 6.07) is 5.37. The first-order valence-electron chi connectivity index (χ1n) is 7.28. The Kier molecular flexibility index (Phi) is 4.42. The van der Waals surface area contributed by atoms with Crippen molar-refractivity contribution < 1.29 is 19.7 Å². The van der Waals surface area contributed by atoms with Crippen molar-refractivity contribution >= 4 is 5.97 Å². The van der Waals surface area contributed by atoms with Gasteiger partial charge in [-0.05, 0) is 44.0 Å². The van der Waals surface area contributed by atoms with Crippen LogP contribution in [0, 0.1) is 5.41 Å². The van der Waals surface area contributed by atoms with Gasteiger partial charge >= 0.3 is 5.97 Å². The van der Waals surface area contributed by atoms with Gasteiger partial charge in [0.25, 0.3) is 0 Å². The lowest BCUT2D eigenvalue weighted by atomic mass is 9.84. The van der Waals surface area contributed by atoms with Gasteiger partial charge in [0.1, 0.15) is 0 Å². The second kappa shape index (κ2) is 5.93. The number of phenolic OH excluding ortho intramolecular Hbond substituents is 1. The van der Waals surface area contributed by atoms with Crippen LogP contribution in [0.5, 0.6) is 11.5 Å². The van der Waals surface area contributed by atoms with Crippen LogP contribution in [0.25, 0.3) is 0 Å². The van der Waals surface area contributed by atoms with E-state index in [0.717, 1.165) is 12.1 Å². The molecule has 2 rings (SSSR count). The number of aromatic hydroxyl groups is 1. The fraction of sp³-hybridized carbons (Fsp3) is 0.562. The lowest BCUT2D eigenvalue weighted by Crippen LogP contribution is -2.35. The SMILES string of the molecule is CCC1(C(=O)O)CCN(C(C)c2ccc(O)c(OC)c2)C1. The minimum atomic E-state index is -0.706. The Morgan fingerprint density at radius 2 is 2.24 bits per heavy atom. The maximum absolute atomic E-state index is 11.5. The predicted molar refractivity (Wildman–Crippen MR) is 79.6 cm³/mol. The van der Waals surface area contributed by atoms with Gasteiger partial charge in [0.2, 0.25) is 0 Å². The summed E-state index contributed by atoms with van der Waals surface area (Å²) in [5, 5.41) is 19.1. The van der Waals surface area contributed by atoms with Crippen LogP contribution in [-0.4, -0.2) is 41.3 Å². The van der Waals surface area contributed by atoms with Crippen LogP contribution in [0.3, 0.4) is 0 Å². The average molecular weight is 293 g/mol. The highest BCUT2D eigenvalue weighted by Crippen LogP contribution is 2.39. The van der Waals surface area contributed by atoms with Gasteiger partial charge in [0, 0.05) is 12.6 Å². The van der Waals surface area contributed by atoms with Crippen molar-refractivity contribution in [3.63, 3.8) is 0 Å². The third kappa shape index (κ3) is 2.83. The van der Waals surface area contributed by atoms with Crippen molar-refractivity contribution in [3.05, 3.63) is 23.8 Å². The molecule has 1 aliphatic heterocycles. The first-order chi connectivity index (χ1) is 9.93. The maximum Gasteiger partial charge on any atom is 0.310 e. The monoisotopic (exact) mass is 293 g/mol. The minimum Gasteiger partial charge on any atom is -0.504 e. The Morgan fingerprint density at radius 1 is 1.52 bits per heavy atom. The molecular formula is C16H23NO4. The van der Waals surface area contributed by atoms with Crippen LogP contribution in [0.4, 0.5) is 0 Å². The van der Waals surface area contributed by atoms with Gasteiger partial charge in [-0.1, -0.05) is 13.0 Å². The molecule has 1 saturated heterocycles. The number of likely N-dealkylation sites (tertiary alicyclic amines) is 1. The molecule has 0 aromatic heterocycles. The summed E-state index contributed by atoms with van der Waals surface area (Å²) in [5.41, 5.74) is 0.386. The summed E-state index contributed by atoms with van der Waals surface area (Å²) >= 11 is 0. The van der Waals surface area contributed by atoms with E-state index in [0.29, 0.717) is 25.1 Å². The first kappa shape index (κ1) is 15.6. The minimum absolute atomic E-state index is 0.0901. The maximum atomic E-state index is 11.5. The summed E-state index contributed by atoms with van der Waals surface area (Å²) in [6.45, 7) is 5.32. The number of hydrogen-bond acceptors (Lipinski definition) is 4. The number of carboxylic acid groups (broad SMARTS) is 1. The van der Waals surface area contributed by atoms with Crippen molar-refractivity contribution in [2.75, 3.05) is 20.2 Å². The largest absolute Gasteiger partial charge is 0.504 e. The smallest absolute Gasteiger partial charge is 0.310 e. The van der Waals surface area contributed by atoms with Crippen LogP contribution in [-0.2, 0) is 4.79 Å². The second-order valence-electron chi connectivity index (χ2n) is 5.77. The summed E-state index contributed by atoms with van der Waals surface area (Å²) in [6.07, 6.45) is 1.32. The van der Waals surface area contributed by atoms with Crippen LogP contribution in [0.15, 0.2) is 18.2 Å². The third-order valence-electron chi connectivity index (χ3n) is 4.75. The Hall–Kier alpha value is -1.75. The fourth-order valence-corrected chi connectivity index (χ4v) is 3.01. The Morgan fingerprint density at radius 3 is 2.76 bits per heavy atom. The van der Waals surface area contributed by atoms with E-state index in [-0.39, 0.29) is 11.8 Å². The molecular weight excluding hydrogens is 270 g/mol. The number of aliphatic carboxylic acids is 1. The Labute approximate surface area is 125 Å². The van der Waals surface area contributed by atoms with E-state index in [1.165, 1.54) is 7.11 Å². The summed E-state index contributed by atoms with van der Waals surface area (Å²) in [4.78, 5) is 13.7. The highest BCUT2D eigenvalue weighted by atomic mass is 16.5. The van der Waals surface area contributed by atoms with Crippen molar-refractivity contribution in [2.24, 2.45) is 5.41 Å². The van der Waals surface area contributed by atoms with E-state index in [9.17, 15) is 15.0 Å². The van der Waals surface area contributed by atoms with E-state index in [1.807, 2.05) is 19.1 Å². The highest BCUT2D eigenvalue weighted by Gasteiger charge is 2.44. The van der Waals surface area contributed by atoms with Crippen LogP contribution < -0.4 is 4.74 Å². The topological polar surface area (TPSA) is 70.0 Å². The number of benzene rings is 1. The number of methoxy groups -OCH3 is 1. The Balaban J connectivity index is 2.18. The molecule has 2 atom stereocenters. The fourth-order valence-electron chi connectivity index (χ4n) is 3.01. The molecule has 0 aliphatic carbocycles. The van der Waals surface area contributed by atoms with Crippen molar-refractivity contribution in [1.82, 2.24) is 4.90 Å². The van der Waals surface area contributed by atoms with Gasteiger partial charge < -0.3 is 14.9 Å². The zero-order valence-electron chi connectivity index (χ0n) is 12.8. The van der Waals surface area contributed by atoms with Gasteiger partial charge in [0.05, 0.1) is 12.5 Å². The molecule has 0 radical (unpaired) electrons. The van der Waals surface area contributed by atoms with Crippen molar-refractivity contribution in [3.8, 4) is 11.5 Å². The number of phenols is 1. The van der Waals surface area contributed by atoms with Crippen LogP contribution in [0.1, 0.15) is 38.3 Å². The first-order valence-corrected chi connectivity index (χ1v) is 7.28. The number of nitrogens with zero attached hydrogens (tertiary/aromatic N) is 1. The molecule has 1 aliphatic rings. The molecule has 1 fully saturated rings. The third-order valence-corrected chi connectivity index (χ3v) is 4.75. The van der Waals surface area contributed by atoms with Crippen molar-refractivity contribution in [1.29, 1.82) is 0 Å². The summed E-state index contributed by atoms with van der Waals surface area (Å²) in [7, 11) is 1.52. The number of carboxylic acids is 1. The molecule has 0 amide bonds. The van der Waals surface area contributed by atoms with Gasteiger partial charge in [-0.2, -0.15) is 0 Å². The van der Waals surface area contributed by atoms with E-state index in [4.69, 9.17) is 4.74 Å². The number of rotatable bonds is 5. The lowest BCUT2D eigenvalue weighted by molar-refractivity contribution is -0.148. The molecule has 1 aromatic rings. The number of hydrogen-bond donors (Lipinski definition) is 2. The molecule has 21 heavy (non-hydrogen) atoms. The molecule has 116 valence electrons. The van der Waals surface area contributed by atoms with Gasteiger partial charge in [0.15, 0.2) is 11.5 Å².